The smallest absolute Gasteiger partial charge is 0.306 e. The van der Waals surface area contributed by atoms with Crippen LogP contribution in [0.15, 0.2) is 85.1 Å². The Morgan fingerprint density at radius 1 is 0.296 bits per heavy atom. The highest BCUT2D eigenvalue weighted by molar-refractivity contribution is 5.71. The van der Waals surface area contributed by atoms with E-state index in [0.29, 0.717) is 19.3 Å². The molecule has 6 heteroatoms. The summed E-state index contributed by atoms with van der Waals surface area (Å²) in [4.78, 5) is 37.9. The van der Waals surface area contributed by atoms with Crippen LogP contribution in [0.4, 0.5) is 0 Å². The van der Waals surface area contributed by atoms with E-state index in [9.17, 15) is 14.4 Å². The van der Waals surface area contributed by atoms with E-state index in [1.807, 2.05) is 0 Å². The molecule has 0 radical (unpaired) electrons. The van der Waals surface area contributed by atoms with Crippen LogP contribution in [0, 0.1) is 0 Å². The van der Waals surface area contributed by atoms with Crippen molar-refractivity contribution in [1.29, 1.82) is 0 Å². The molecule has 0 aromatic carbocycles. The summed E-state index contributed by atoms with van der Waals surface area (Å²) in [7, 11) is 0. The summed E-state index contributed by atoms with van der Waals surface area (Å²) in [6.45, 7) is 6.49. The maximum absolute atomic E-state index is 12.7. The van der Waals surface area contributed by atoms with Crippen molar-refractivity contribution in [2.45, 2.75) is 297 Å². The number of hydrogen-bond donors (Lipinski definition) is 0. The van der Waals surface area contributed by atoms with Gasteiger partial charge < -0.3 is 14.2 Å². The minimum atomic E-state index is -0.768. The maximum Gasteiger partial charge on any atom is 0.306 e. The summed E-state index contributed by atoms with van der Waals surface area (Å²) in [5.74, 6) is -0.871. The minimum Gasteiger partial charge on any atom is -0.462 e. The number of carbonyl (C=O) groups is 3. The lowest BCUT2D eigenvalue weighted by Crippen LogP contribution is -2.30. The Hall–Kier alpha value is -3.41. The fourth-order valence-electron chi connectivity index (χ4n) is 8.42. The van der Waals surface area contributed by atoms with Crippen LogP contribution in [0.3, 0.4) is 0 Å². The highest BCUT2D eigenvalue weighted by atomic mass is 16.6. The second kappa shape index (κ2) is 59.2. The highest BCUT2D eigenvalue weighted by Gasteiger charge is 2.19. The predicted octanol–water partition coefficient (Wildman–Crippen LogP) is 20.3. The van der Waals surface area contributed by atoms with Gasteiger partial charge in [-0.05, 0) is 77.0 Å². The van der Waals surface area contributed by atoms with Gasteiger partial charge in [-0.25, -0.2) is 0 Å². The second-order valence-electron chi connectivity index (χ2n) is 19.9. The lowest BCUT2D eigenvalue weighted by atomic mass is 10.0. The first-order valence-electron chi connectivity index (χ1n) is 30.1. The van der Waals surface area contributed by atoms with E-state index in [0.717, 1.165) is 103 Å². The molecule has 0 aliphatic rings. The first-order chi connectivity index (χ1) is 35.0. The quantitative estimate of drug-likeness (QED) is 0.0261. The van der Waals surface area contributed by atoms with Gasteiger partial charge in [0.2, 0.25) is 0 Å². The monoisotopic (exact) mass is 989 g/mol. The van der Waals surface area contributed by atoms with Crippen LogP contribution in [-0.4, -0.2) is 37.2 Å². The number of allylic oxidation sites excluding steroid dienone is 14. The Balaban J connectivity index is 3.99. The van der Waals surface area contributed by atoms with E-state index in [2.05, 4.69) is 106 Å². The summed E-state index contributed by atoms with van der Waals surface area (Å²) in [6, 6.07) is 0. The Kier molecular flexibility index (Phi) is 56.3. The summed E-state index contributed by atoms with van der Waals surface area (Å²) in [6.07, 6.45) is 77.6. The second-order valence-corrected chi connectivity index (χ2v) is 19.9. The van der Waals surface area contributed by atoms with Crippen LogP contribution in [-0.2, 0) is 28.6 Å². The first kappa shape index (κ1) is 67.6. The summed E-state index contributed by atoms with van der Waals surface area (Å²) in [5.41, 5.74) is 0. The van der Waals surface area contributed by atoms with Gasteiger partial charge in [-0.1, -0.05) is 279 Å². The maximum atomic E-state index is 12.7. The van der Waals surface area contributed by atoms with E-state index < -0.39 is 6.10 Å². The summed E-state index contributed by atoms with van der Waals surface area (Å²) in [5, 5.41) is 0. The fraction of sp³-hybridized carbons (Fsp3) is 0.738. The average Bonchev–Trinajstić information content (AvgIpc) is 3.37. The largest absolute Gasteiger partial charge is 0.462 e. The van der Waals surface area contributed by atoms with Crippen molar-refractivity contribution in [3.05, 3.63) is 85.1 Å². The molecular weight excluding hydrogens is 877 g/mol. The van der Waals surface area contributed by atoms with Gasteiger partial charge in [0.15, 0.2) is 6.10 Å². The SMILES string of the molecule is CC/C=C\C/C=C\C/C=C\C/C=C\C/C=C\C/C=C\C/C=C\CCCCCCCCCCCCCCCC(=O)OCC(COC(=O)CCCCCCCCCC)OC(=O)CCCCCCCCCCCC. The molecule has 0 saturated heterocycles. The van der Waals surface area contributed by atoms with E-state index >= 15 is 0 Å². The average molecular weight is 990 g/mol. The summed E-state index contributed by atoms with van der Waals surface area (Å²) < 4.78 is 16.8. The zero-order valence-corrected chi connectivity index (χ0v) is 46.7. The Bertz CT molecular complexity index is 1370. The molecule has 0 spiro atoms. The van der Waals surface area contributed by atoms with E-state index in [1.54, 1.807) is 0 Å². The van der Waals surface area contributed by atoms with Crippen molar-refractivity contribution >= 4 is 17.9 Å². The molecule has 408 valence electrons. The molecule has 1 atom stereocenters. The molecule has 0 amide bonds. The highest BCUT2D eigenvalue weighted by Crippen LogP contribution is 2.16. The van der Waals surface area contributed by atoms with Gasteiger partial charge >= 0.3 is 17.9 Å². The Morgan fingerprint density at radius 2 is 0.549 bits per heavy atom. The number of hydrogen-bond acceptors (Lipinski definition) is 6. The number of ether oxygens (including phenoxy) is 3. The molecular formula is C65H112O6. The van der Waals surface area contributed by atoms with Gasteiger partial charge in [0.1, 0.15) is 13.2 Å². The molecule has 0 saturated carbocycles. The minimum absolute atomic E-state index is 0.0714. The topological polar surface area (TPSA) is 78.9 Å². The Labute approximate surface area is 439 Å². The van der Waals surface area contributed by atoms with Crippen LogP contribution in [0.5, 0.6) is 0 Å². The van der Waals surface area contributed by atoms with Gasteiger partial charge in [0.25, 0.3) is 0 Å². The van der Waals surface area contributed by atoms with Gasteiger partial charge in [-0.15, -0.1) is 0 Å². The molecule has 0 aromatic rings. The summed E-state index contributed by atoms with van der Waals surface area (Å²) >= 11 is 0. The van der Waals surface area contributed by atoms with Crippen molar-refractivity contribution in [2.24, 2.45) is 0 Å². The zero-order chi connectivity index (χ0) is 51.4. The number of unbranched alkanes of at least 4 members (excludes halogenated alkanes) is 29. The molecule has 0 heterocycles. The molecule has 71 heavy (non-hydrogen) atoms. The molecule has 1 unspecified atom stereocenters. The molecule has 6 nitrogen and oxygen atoms in total. The third kappa shape index (κ3) is 57.4. The van der Waals surface area contributed by atoms with Crippen LogP contribution < -0.4 is 0 Å². The fourth-order valence-corrected chi connectivity index (χ4v) is 8.42. The van der Waals surface area contributed by atoms with Gasteiger partial charge in [-0.3, -0.25) is 14.4 Å². The van der Waals surface area contributed by atoms with Crippen molar-refractivity contribution in [3.8, 4) is 0 Å². The number of esters is 3. The third-order valence-electron chi connectivity index (χ3n) is 12.9. The van der Waals surface area contributed by atoms with Gasteiger partial charge in [0.05, 0.1) is 0 Å². The number of rotatable bonds is 54. The standard InChI is InChI=1S/C65H112O6/c1-4-7-10-13-16-19-21-22-23-24-25-26-27-28-29-30-31-32-33-34-35-36-37-38-39-40-41-42-43-44-45-47-49-52-55-58-64(67)70-61-62(60-69-63(66)57-54-51-48-18-15-12-9-6-3)71-65(68)59-56-53-50-46-20-17-14-11-8-5-2/h7,10,16,19,22-23,25-26,28-29,31-32,34-35,62H,4-6,8-9,11-15,17-18,20-21,24,27,30,33,36-61H2,1-3H3/b10-7-,19-16-,23-22-,26-25-,29-28-,32-31-,35-34-. The molecule has 0 N–H and O–H groups in total. The first-order valence-corrected chi connectivity index (χ1v) is 30.1. The molecule has 0 aromatic heterocycles. The van der Waals surface area contributed by atoms with E-state index in [4.69, 9.17) is 14.2 Å². The lowest BCUT2D eigenvalue weighted by molar-refractivity contribution is -0.167. The lowest BCUT2D eigenvalue weighted by Gasteiger charge is -2.18. The predicted molar refractivity (Wildman–Crippen MR) is 307 cm³/mol. The molecule has 0 aliphatic heterocycles. The molecule has 0 bridgehead atoms. The van der Waals surface area contributed by atoms with E-state index in [-0.39, 0.29) is 31.1 Å². The van der Waals surface area contributed by atoms with Crippen LogP contribution in [0.1, 0.15) is 290 Å². The van der Waals surface area contributed by atoms with Crippen LogP contribution in [0.2, 0.25) is 0 Å². The van der Waals surface area contributed by atoms with Crippen molar-refractivity contribution in [3.63, 3.8) is 0 Å². The van der Waals surface area contributed by atoms with Gasteiger partial charge in [0, 0.05) is 19.3 Å². The van der Waals surface area contributed by atoms with Crippen molar-refractivity contribution in [1.82, 2.24) is 0 Å². The van der Waals surface area contributed by atoms with Crippen LogP contribution >= 0.6 is 0 Å². The zero-order valence-electron chi connectivity index (χ0n) is 46.7. The van der Waals surface area contributed by atoms with Gasteiger partial charge in [-0.2, -0.15) is 0 Å². The third-order valence-corrected chi connectivity index (χ3v) is 12.9. The number of carbonyl (C=O) groups excluding carboxylic acids is 3. The van der Waals surface area contributed by atoms with Crippen molar-refractivity contribution in [2.75, 3.05) is 13.2 Å². The van der Waals surface area contributed by atoms with E-state index in [1.165, 1.54) is 148 Å². The normalized spacial score (nSPS) is 12.7. The van der Waals surface area contributed by atoms with Crippen molar-refractivity contribution < 1.29 is 28.6 Å². The molecule has 0 rings (SSSR count). The molecule has 0 fully saturated rings. The van der Waals surface area contributed by atoms with Crippen LogP contribution in [0.25, 0.3) is 0 Å². The molecule has 0 aliphatic carbocycles. The Morgan fingerprint density at radius 3 is 0.859 bits per heavy atom.